The molecule has 0 atom stereocenters. The molecule has 0 radical (unpaired) electrons. The Morgan fingerprint density at radius 1 is 0.254 bits per heavy atom. The summed E-state index contributed by atoms with van der Waals surface area (Å²) in [6.45, 7) is 0. The van der Waals surface area contributed by atoms with Gasteiger partial charge in [-0.3, -0.25) is 0 Å². The molecule has 0 bridgehead atoms. The number of aromatic nitrogens is 2. The second-order valence-electron chi connectivity index (χ2n) is 16.5. The van der Waals surface area contributed by atoms with Crippen LogP contribution in [0.4, 0.5) is 0 Å². The Balaban J connectivity index is 1.22. The Hall–Kier alpha value is -7.98. The molecule has 3 heteroatoms. The van der Waals surface area contributed by atoms with E-state index in [0.29, 0.717) is 0 Å². The van der Waals surface area contributed by atoms with E-state index in [0.717, 1.165) is 11.4 Å². The van der Waals surface area contributed by atoms with E-state index in [1.54, 1.807) is 0 Å². The standard InChI is InChI=1S/C60H42N2Si/c1-6-20-43(21-7-1)45-24-18-25-47(40-45)61-56-34-17-16-32-52(56)53-39-37-48(42-58(53)61)62-57-41-46(44-22-8-2-9-23-44)36-38-54(57)55-33-19-35-59(60(55)62)63(49-26-10-3-11-27-49,50-28-12-4-13-29-50)51-30-14-5-15-31-51/h1-42H. The lowest BCUT2D eigenvalue weighted by atomic mass is 10.0. The van der Waals surface area contributed by atoms with Crippen LogP contribution >= 0.6 is 0 Å². The molecule has 12 rings (SSSR count). The Bertz CT molecular complexity index is 3500. The molecule has 0 aliphatic carbocycles. The normalized spacial score (nSPS) is 11.8. The molecule has 0 N–H and O–H groups in total. The third-order valence-electron chi connectivity index (χ3n) is 13.0. The van der Waals surface area contributed by atoms with Crippen molar-refractivity contribution < 1.29 is 0 Å². The second kappa shape index (κ2) is 15.2. The van der Waals surface area contributed by atoms with Crippen molar-refractivity contribution in [3.63, 3.8) is 0 Å². The molecule has 296 valence electrons. The van der Waals surface area contributed by atoms with Gasteiger partial charge in [0, 0.05) is 32.9 Å². The number of para-hydroxylation sites is 2. The van der Waals surface area contributed by atoms with E-state index in [-0.39, 0.29) is 0 Å². The fourth-order valence-electron chi connectivity index (χ4n) is 10.3. The van der Waals surface area contributed by atoms with Gasteiger partial charge in [0.2, 0.25) is 0 Å². The van der Waals surface area contributed by atoms with Crippen LogP contribution < -0.4 is 20.7 Å². The monoisotopic (exact) mass is 818 g/mol. The zero-order valence-electron chi connectivity index (χ0n) is 34.6. The quantitative estimate of drug-likeness (QED) is 0.107. The molecule has 0 spiro atoms. The molecular weight excluding hydrogens is 777 g/mol. The van der Waals surface area contributed by atoms with Crippen molar-refractivity contribution in [2.75, 3.05) is 0 Å². The largest absolute Gasteiger partial charge is 0.309 e. The van der Waals surface area contributed by atoms with Crippen molar-refractivity contribution in [3.05, 3.63) is 255 Å². The molecule has 2 heterocycles. The van der Waals surface area contributed by atoms with Gasteiger partial charge in [-0.2, -0.15) is 0 Å². The van der Waals surface area contributed by atoms with Crippen LogP contribution in [0.3, 0.4) is 0 Å². The SMILES string of the molecule is c1ccc(-c2cccc(-n3c4ccccc4c4ccc(-n5c6cc(-c7ccccc7)ccc6c6cccc([Si](c7ccccc7)(c7ccccc7)c7ccccc7)c65)cc43)c2)cc1. The third kappa shape index (κ3) is 5.93. The first-order valence-corrected chi connectivity index (χ1v) is 23.8. The fraction of sp³-hybridized carbons (Fsp3) is 0. The molecular formula is C60H42N2Si. The summed E-state index contributed by atoms with van der Waals surface area (Å²) in [7, 11) is -2.98. The summed E-state index contributed by atoms with van der Waals surface area (Å²) in [5.74, 6) is 0. The number of hydrogen-bond donors (Lipinski definition) is 0. The van der Waals surface area contributed by atoms with Crippen LogP contribution in [-0.4, -0.2) is 17.2 Å². The predicted octanol–water partition coefficient (Wildman–Crippen LogP) is 12.6. The molecule has 0 aliphatic heterocycles. The fourth-order valence-corrected chi connectivity index (χ4v) is 15.3. The van der Waals surface area contributed by atoms with Crippen molar-refractivity contribution in [1.82, 2.24) is 9.13 Å². The highest BCUT2D eigenvalue weighted by molar-refractivity contribution is 7.20. The van der Waals surface area contributed by atoms with Crippen LogP contribution in [-0.2, 0) is 0 Å². The number of fused-ring (bicyclic) bond motifs is 6. The maximum Gasteiger partial charge on any atom is 0.181 e. The molecule has 63 heavy (non-hydrogen) atoms. The van der Waals surface area contributed by atoms with Crippen LogP contribution in [0.5, 0.6) is 0 Å². The minimum absolute atomic E-state index is 1.13. The van der Waals surface area contributed by atoms with Gasteiger partial charge in [-0.1, -0.05) is 218 Å². The molecule has 0 aliphatic rings. The molecule has 2 nitrogen and oxygen atoms in total. The van der Waals surface area contributed by atoms with E-state index in [4.69, 9.17) is 0 Å². The minimum Gasteiger partial charge on any atom is -0.309 e. The van der Waals surface area contributed by atoms with E-state index in [1.165, 1.54) is 86.6 Å². The second-order valence-corrected chi connectivity index (χ2v) is 20.2. The van der Waals surface area contributed by atoms with Gasteiger partial charge in [0.05, 0.1) is 22.1 Å². The zero-order chi connectivity index (χ0) is 41.7. The maximum atomic E-state index is 2.59. The van der Waals surface area contributed by atoms with Gasteiger partial charge < -0.3 is 9.13 Å². The number of rotatable bonds is 8. The van der Waals surface area contributed by atoms with Crippen LogP contribution in [0.2, 0.25) is 0 Å². The van der Waals surface area contributed by atoms with Gasteiger partial charge in [-0.15, -0.1) is 0 Å². The van der Waals surface area contributed by atoms with Crippen LogP contribution in [0.15, 0.2) is 255 Å². The van der Waals surface area contributed by atoms with Gasteiger partial charge in [0.15, 0.2) is 8.07 Å². The van der Waals surface area contributed by atoms with Crippen molar-refractivity contribution in [2.45, 2.75) is 0 Å². The summed E-state index contributed by atoms with van der Waals surface area (Å²) in [5, 5.41) is 10.4. The summed E-state index contributed by atoms with van der Waals surface area (Å²) in [4.78, 5) is 0. The molecule has 2 aromatic heterocycles. The summed E-state index contributed by atoms with van der Waals surface area (Å²) in [5.41, 5.74) is 11.8. The van der Waals surface area contributed by atoms with E-state index in [1.807, 2.05) is 0 Å². The molecule has 0 fully saturated rings. The number of hydrogen-bond acceptors (Lipinski definition) is 0. The Labute approximate surface area is 368 Å². The van der Waals surface area contributed by atoms with Crippen molar-refractivity contribution in [3.8, 4) is 33.6 Å². The predicted molar refractivity (Wildman–Crippen MR) is 270 cm³/mol. The highest BCUT2D eigenvalue weighted by atomic mass is 28.3. The average molecular weight is 819 g/mol. The van der Waals surface area contributed by atoms with Gasteiger partial charge in [-0.25, -0.2) is 0 Å². The highest BCUT2D eigenvalue weighted by Gasteiger charge is 2.43. The summed E-state index contributed by atoms with van der Waals surface area (Å²) >= 11 is 0. The zero-order valence-corrected chi connectivity index (χ0v) is 35.6. The highest BCUT2D eigenvalue weighted by Crippen LogP contribution is 2.39. The van der Waals surface area contributed by atoms with Crippen LogP contribution in [0.25, 0.3) is 77.2 Å². The summed E-state index contributed by atoms with van der Waals surface area (Å²) in [6.07, 6.45) is 0. The van der Waals surface area contributed by atoms with E-state index in [9.17, 15) is 0 Å². The van der Waals surface area contributed by atoms with E-state index in [2.05, 4.69) is 264 Å². The Morgan fingerprint density at radius 2 is 0.698 bits per heavy atom. The van der Waals surface area contributed by atoms with E-state index >= 15 is 0 Å². The van der Waals surface area contributed by atoms with E-state index < -0.39 is 8.07 Å². The Morgan fingerprint density at radius 3 is 1.33 bits per heavy atom. The van der Waals surface area contributed by atoms with Gasteiger partial charge in [0.25, 0.3) is 0 Å². The molecule has 12 aromatic rings. The number of nitrogens with zero attached hydrogens (tertiary/aromatic N) is 2. The summed E-state index contributed by atoms with van der Waals surface area (Å²) in [6, 6.07) is 94.4. The average Bonchev–Trinajstić information content (AvgIpc) is 3.88. The first-order valence-electron chi connectivity index (χ1n) is 21.8. The molecule has 0 amide bonds. The number of benzene rings is 10. The molecule has 10 aromatic carbocycles. The molecule has 0 unspecified atom stereocenters. The lowest BCUT2D eigenvalue weighted by Crippen LogP contribution is -2.75. The van der Waals surface area contributed by atoms with Crippen molar-refractivity contribution >= 4 is 72.4 Å². The molecule has 0 saturated heterocycles. The summed E-state index contributed by atoms with van der Waals surface area (Å²) < 4.78 is 5.05. The van der Waals surface area contributed by atoms with Crippen LogP contribution in [0, 0.1) is 0 Å². The van der Waals surface area contributed by atoms with Gasteiger partial charge in [-0.05, 0) is 79.4 Å². The minimum atomic E-state index is -2.98. The van der Waals surface area contributed by atoms with Crippen LogP contribution in [0.1, 0.15) is 0 Å². The van der Waals surface area contributed by atoms with Crippen molar-refractivity contribution in [2.24, 2.45) is 0 Å². The molecule has 0 saturated carbocycles. The first-order chi connectivity index (χ1) is 31.3. The van der Waals surface area contributed by atoms with Gasteiger partial charge in [0.1, 0.15) is 0 Å². The van der Waals surface area contributed by atoms with Crippen molar-refractivity contribution in [1.29, 1.82) is 0 Å². The lowest BCUT2D eigenvalue weighted by molar-refractivity contribution is 1.16. The Kier molecular flexibility index (Phi) is 8.87. The first kappa shape index (κ1) is 36.8. The topological polar surface area (TPSA) is 9.86 Å². The smallest absolute Gasteiger partial charge is 0.181 e. The van der Waals surface area contributed by atoms with Gasteiger partial charge >= 0.3 is 0 Å². The maximum absolute atomic E-state index is 2.98. The lowest BCUT2D eigenvalue weighted by Gasteiger charge is -2.35. The third-order valence-corrected chi connectivity index (χ3v) is 17.9.